The maximum Gasteiger partial charge on any atom is 0.125 e. The summed E-state index contributed by atoms with van der Waals surface area (Å²) in [5.41, 5.74) is 3.49. The monoisotopic (exact) mass is 257 g/mol. The number of benzene rings is 2. The fourth-order valence-electron chi connectivity index (χ4n) is 2.19. The lowest BCUT2D eigenvalue weighted by atomic mass is 10.0. The Kier molecular flexibility index (Phi) is 4.56. The lowest BCUT2D eigenvalue weighted by molar-refractivity contribution is 0.627. The third kappa shape index (κ3) is 4.40. The molecule has 1 unspecified atom stereocenters. The summed E-state index contributed by atoms with van der Waals surface area (Å²) < 4.78 is 13.1. The molecule has 0 heterocycles. The number of hydrogen-bond acceptors (Lipinski definition) is 1. The first-order chi connectivity index (χ1) is 9.13. The van der Waals surface area contributed by atoms with Crippen LogP contribution < -0.4 is 5.32 Å². The topological polar surface area (TPSA) is 12.0 Å². The molecule has 0 amide bonds. The van der Waals surface area contributed by atoms with Crippen LogP contribution in [-0.2, 0) is 6.42 Å². The van der Waals surface area contributed by atoms with E-state index in [0.717, 1.165) is 18.5 Å². The van der Waals surface area contributed by atoms with E-state index in [0.29, 0.717) is 6.04 Å². The van der Waals surface area contributed by atoms with Crippen LogP contribution in [0.2, 0.25) is 0 Å². The van der Waals surface area contributed by atoms with Crippen LogP contribution in [0.4, 0.5) is 10.1 Å². The van der Waals surface area contributed by atoms with Crippen LogP contribution >= 0.6 is 0 Å². The summed E-state index contributed by atoms with van der Waals surface area (Å²) >= 11 is 0. The molecule has 2 heteroatoms. The Morgan fingerprint density at radius 2 is 1.89 bits per heavy atom. The highest BCUT2D eigenvalue weighted by Gasteiger charge is 2.03. The van der Waals surface area contributed by atoms with Crippen molar-refractivity contribution >= 4 is 5.69 Å². The molecular weight excluding hydrogens is 237 g/mol. The van der Waals surface area contributed by atoms with Gasteiger partial charge in [0.15, 0.2) is 0 Å². The van der Waals surface area contributed by atoms with E-state index in [1.807, 2.05) is 6.07 Å². The number of aryl methyl sites for hydroxylation is 2. The van der Waals surface area contributed by atoms with Crippen molar-refractivity contribution < 1.29 is 4.39 Å². The Morgan fingerprint density at radius 3 is 2.63 bits per heavy atom. The summed E-state index contributed by atoms with van der Waals surface area (Å²) in [5.74, 6) is -0.198. The highest BCUT2D eigenvalue weighted by Crippen LogP contribution is 2.13. The molecule has 2 rings (SSSR count). The van der Waals surface area contributed by atoms with E-state index in [2.05, 4.69) is 43.4 Å². The Hall–Kier alpha value is -1.83. The average molecular weight is 257 g/mol. The van der Waals surface area contributed by atoms with Crippen LogP contribution in [0.1, 0.15) is 24.5 Å². The molecule has 0 saturated carbocycles. The van der Waals surface area contributed by atoms with E-state index in [4.69, 9.17) is 0 Å². The first kappa shape index (κ1) is 13.6. The summed E-state index contributed by atoms with van der Waals surface area (Å²) in [6.07, 6.45) is 2.06. The zero-order chi connectivity index (χ0) is 13.7. The molecule has 19 heavy (non-hydrogen) atoms. The molecule has 1 N–H and O–H groups in total. The molecule has 0 aromatic heterocycles. The summed E-state index contributed by atoms with van der Waals surface area (Å²) in [6, 6.07) is 15.5. The lowest BCUT2D eigenvalue weighted by Crippen LogP contribution is -2.16. The van der Waals surface area contributed by atoms with Gasteiger partial charge in [0.1, 0.15) is 5.82 Å². The Bertz CT molecular complexity index is 536. The van der Waals surface area contributed by atoms with Gasteiger partial charge in [-0.15, -0.1) is 0 Å². The van der Waals surface area contributed by atoms with Crippen molar-refractivity contribution in [2.24, 2.45) is 0 Å². The molecule has 100 valence electrons. The fourth-order valence-corrected chi connectivity index (χ4v) is 2.19. The van der Waals surface area contributed by atoms with Crippen LogP contribution in [0, 0.1) is 12.7 Å². The number of nitrogens with one attached hydrogen (secondary N) is 1. The predicted molar refractivity (Wildman–Crippen MR) is 79.0 cm³/mol. The van der Waals surface area contributed by atoms with E-state index in [-0.39, 0.29) is 5.82 Å². The van der Waals surface area contributed by atoms with E-state index < -0.39 is 0 Å². The van der Waals surface area contributed by atoms with Crippen LogP contribution in [0.3, 0.4) is 0 Å². The van der Waals surface area contributed by atoms with Gasteiger partial charge in [-0.25, -0.2) is 4.39 Å². The second-order valence-electron chi connectivity index (χ2n) is 5.08. The molecule has 0 fully saturated rings. The van der Waals surface area contributed by atoms with Crippen molar-refractivity contribution in [2.45, 2.75) is 32.7 Å². The number of rotatable bonds is 5. The molecule has 0 saturated heterocycles. The molecule has 2 aromatic rings. The largest absolute Gasteiger partial charge is 0.382 e. The minimum atomic E-state index is -0.198. The van der Waals surface area contributed by atoms with Crippen LogP contribution in [0.5, 0.6) is 0 Å². The third-order valence-electron chi connectivity index (χ3n) is 3.19. The van der Waals surface area contributed by atoms with Gasteiger partial charge >= 0.3 is 0 Å². The van der Waals surface area contributed by atoms with Crippen LogP contribution in [0.15, 0.2) is 48.5 Å². The van der Waals surface area contributed by atoms with Gasteiger partial charge < -0.3 is 5.32 Å². The number of anilines is 1. The molecule has 0 aliphatic heterocycles. The fraction of sp³-hybridized carbons (Fsp3) is 0.294. The van der Waals surface area contributed by atoms with E-state index in [1.54, 1.807) is 6.07 Å². The summed E-state index contributed by atoms with van der Waals surface area (Å²) in [5, 5.41) is 3.33. The van der Waals surface area contributed by atoms with E-state index >= 15 is 0 Å². The first-order valence-corrected chi connectivity index (χ1v) is 6.71. The Balaban J connectivity index is 1.86. The normalized spacial score (nSPS) is 12.2. The van der Waals surface area contributed by atoms with Gasteiger partial charge in [-0.05, 0) is 50.5 Å². The molecule has 0 aliphatic rings. The number of hydrogen-bond donors (Lipinski definition) is 1. The molecule has 1 atom stereocenters. The van der Waals surface area contributed by atoms with Gasteiger partial charge in [-0.2, -0.15) is 0 Å². The highest BCUT2D eigenvalue weighted by molar-refractivity contribution is 5.43. The smallest absolute Gasteiger partial charge is 0.125 e. The molecule has 1 nitrogen and oxygen atoms in total. The van der Waals surface area contributed by atoms with Crippen LogP contribution in [-0.4, -0.2) is 6.04 Å². The lowest BCUT2D eigenvalue weighted by Gasteiger charge is -2.15. The number of halogens is 1. The molecule has 0 spiro atoms. The van der Waals surface area contributed by atoms with Gasteiger partial charge in [-0.1, -0.05) is 35.9 Å². The zero-order valence-corrected chi connectivity index (χ0v) is 11.5. The second kappa shape index (κ2) is 6.37. The van der Waals surface area contributed by atoms with Crippen molar-refractivity contribution in [3.05, 3.63) is 65.5 Å². The summed E-state index contributed by atoms with van der Waals surface area (Å²) in [7, 11) is 0. The standard InChI is InChI=1S/C17H20FN/c1-13-5-3-6-15(11-13)10-9-14(2)19-17-8-4-7-16(18)12-17/h3-8,11-12,14,19H,9-10H2,1-2H3. The highest BCUT2D eigenvalue weighted by atomic mass is 19.1. The van der Waals surface area contributed by atoms with E-state index in [1.165, 1.54) is 23.3 Å². The quantitative estimate of drug-likeness (QED) is 0.827. The maximum atomic E-state index is 13.1. The summed E-state index contributed by atoms with van der Waals surface area (Å²) in [6.45, 7) is 4.23. The van der Waals surface area contributed by atoms with Gasteiger partial charge in [0, 0.05) is 11.7 Å². The van der Waals surface area contributed by atoms with Crippen molar-refractivity contribution in [3.63, 3.8) is 0 Å². The predicted octanol–water partition coefficient (Wildman–Crippen LogP) is 4.57. The van der Waals surface area contributed by atoms with Gasteiger partial charge in [0.25, 0.3) is 0 Å². The van der Waals surface area contributed by atoms with Crippen molar-refractivity contribution in [1.29, 1.82) is 0 Å². The van der Waals surface area contributed by atoms with Gasteiger partial charge in [0.2, 0.25) is 0 Å². The van der Waals surface area contributed by atoms with Gasteiger partial charge in [-0.3, -0.25) is 0 Å². The first-order valence-electron chi connectivity index (χ1n) is 6.71. The van der Waals surface area contributed by atoms with Gasteiger partial charge in [0.05, 0.1) is 0 Å². The Labute approximate surface area is 114 Å². The maximum absolute atomic E-state index is 13.1. The zero-order valence-electron chi connectivity index (χ0n) is 11.5. The second-order valence-corrected chi connectivity index (χ2v) is 5.08. The molecule has 0 aliphatic carbocycles. The SMILES string of the molecule is Cc1cccc(CCC(C)Nc2cccc(F)c2)c1. The third-order valence-corrected chi connectivity index (χ3v) is 3.19. The van der Waals surface area contributed by atoms with Crippen LogP contribution in [0.25, 0.3) is 0 Å². The minimum Gasteiger partial charge on any atom is -0.382 e. The van der Waals surface area contributed by atoms with Crippen molar-refractivity contribution in [3.8, 4) is 0 Å². The molecular formula is C17H20FN. The Morgan fingerprint density at radius 1 is 1.11 bits per heavy atom. The van der Waals surface area contributed by atoms with Crippen molar-refractivity contribution in [1.82, 2.24) is 0 Å². The molecule has 2 aromatic carbocycles. The van der Waals surface area contributed by atoms with Crippen molar-refractivity contribution in [2.75, 3.05) is 5.32 Å². The average Bonchev–Trinajstić information content (AvgIpc) is 2.36. The minimum absolute atomic E-state index is 0.198. The molecule has 0 radical (unpaired) electrons. The summed E-state index contributed by atoms with van der Waals surface area (Å²) in [4.78, 5) is 0. The van der Waals surface area contributed by atoms with E-state index in [9.17, 15) is 4.39 Å². The molecule has 0 bridgehead atoms.